The standard InChI is InChI=1S/C22H25NO4/c1-4-13-27-22(25)19-14(3)23-16-10-8-11-17(24)21(16)20(19)15-9-6-7-12-18(15)26-5-2/h4,6-7,9,12,20,23H,1,5,8,10-11,13H2,2-3H3/t20-/m0/s1. The maximum atomic E-state index is 12.9. The van der Waals surface area contributed by atoms with Crippen molar-refractivity contribution in [3.63, 3.8) is 0 Å². The molecule has 1 heterocycles. The van der Waals surface area contributed by atoms with Crippen LogP contribution in [0.5, 0.6) is 5.75 Å². The van der Waals surface area contributed by atoms with Crippen molar-refractivity contribution < 1.29 is 19.1 Å². The number of ether oxygens (including phenoxy) is 2. The van der Waals surface area contributed by atoms with Crippen LogP contribution in [0, 0.1) is 0 Å². The van der Waals surface area contributed by atoms with Crippen LogP contribution in [0.1, 0.15) is 44.6 Å². The number of ketones is 1. The van der Waals surface area contributed by atoms with Crippen LogP contribution in [0.4, 0.5) is 0 Å². The monoisotopic (exact) mass is 367 g/mol. The van der Waals surface area contributed by atoms with Crippen LogP contribution in [-0.4, -0.2) is 25.0 Å². The van der Waals surface area contributed by atoms with E-state index in [-0.39, 0.29) is 12.4 Å². The molecule has 0 saturated carbocycles. The molecule has 0 amide bonds. The molecule has 1 aromatic carbocycles. The van der Waals surface area contributed by atoms with Crippen molar-refractivity contribution >= 4 is 11.8 Å². The van der Waals surface area contributed by atoms with Crippen LogP contribution in [0.3, 0.4) is 0 Å². The lowest BCUT2D eigenvalue weighted by atomic mass is 9.75. The molecule has 0 saturated heterocycles. The highest BCUT2D eigenvalue weighted by Crippen LogP contribution is 2.45. The predicted octanol–water partition coefficient (Wildman–Crippen LogP) is 3.78. The number of carbonyl (C=O) groups excluding carboxylic acids is 2. The predicted molar refractivity (Wildman–Crippen MR) is 103 cm³/mol. The van der Waals surface area contributed by atoms with E-state index in [0.29, 0.717) is 35.6 Å². The Bertz CT molecular complexity index is 834. The smallest absolute Gasteiger partial charge is 0.337 e. The molecule has 0 bridgehead atoms. The number of hydrogen-bond acceptors (Lipinski definition) is 5. The van der Waals surface area contributed by atoms with Crippen molar-refractivity contribution in [2.75, 3.05) is 13.2 Å². The van der Waals surface area contributed by atoms with Crippen LogP contribution >= 0.6 is 0 Å². The number of rotatable bonds is 6. The maximum absolute atomic E-state index is 12.9. The summed E-state index contributed by atoms with van der Waals surface area (Å²) < 4.78 is 11.1. The van der Waals surface area contributed by atoms with Crippen molar-refractivity contribution in [1.29, 1.82) is 0 Å². The number of hydrogen-bond donors (Lipinski definition) is 1. The Morgan fingerprint density at radius 2 is 2.11 bits per heavy atom. The van der Waals surface area contributed by atoms with E-state index in [9.17, 15) is 9.59 Å². The van der Waals surface area contributed by atoms with E-state index < -0.39 is 11.9 Å². The Labute approximate surface area is 159 Å². The van der Waals surface area contributed by atoms with Crippen molar-refractivity contribution in [1.82, 2.24) is 5.32 Å². The third kappa shape index (κ3) is 3.68. The first-order valence-corrected chi connectivity index (χ1v) is 9.32. The van der Waals surface area contributed by atoms with Gasteiger partial charge in [0.05, 0.1) is 18.1 Å². The minimum absolute atomic E-state index is 0.0709. The van der Waals surface area contributed by atoms with E-state index in [1.165, 1.54) is 6.08 Å². The van der Waals surface area contributed by atoms with Gasteiger partial charge in [0.25, 0.3) is 0 Å². The highest BCUT2D eigenvalue weighted by atomic mass is 16.5. The molecule has 0 fully saturated rings. The molecule has 0 aromatic heterocycles. The Balaban J connectivity index is 2.16. The summed E-state index contributed by atoms with van der Waals surface area (Å²) in [4.78, 5) is 25.7. The molecule has 2 aliphatic rings. The summed E-state index contributed by atoms with van der Waals surface area (Å²) in [6, 6.07) is 7.58. The van der Waals surface area contributed by atoms with E-state index >= 15 is 0 Å². The van der Waals surface area contributed by atoms with Crippen LogP contribution < -0.4 is 10.1 Å². The largest absolute Gasteiger partial charge is 0.494 e. The number of carbonyl (C=O) groups is 2. The highest BCUT2D eigenvalue weighted by molar-refractivity contribution is 6.04. The Hall–Kier alpha value is -2.82. The zero-order chi connectivity index (χ0) is 19.4. The summed E-state index contributed by atoms with van der Waals surface area (Å²) in [6.07, 6.45) is 3.63. The second-order valence-electron chi connectivity index (χ2n) is 6.62. The molecular weight excluding hydrogens is 342 g/mol. The number of nitrogens with one attached hydrogen (secondary N) is 1. The van der Waals surface area contributed by atoms with E-state index in [0.717, 1.165) is 24.1 Å². The molecule has 0 spiro atoms. The fourth-order valence-electron chi connectivity index (χ4n) is 3.78. The van der Waals surface area contributed by atoms with E-state index in [1.54, 1.807) is 0 Å². The van der Waals surface area contributed by atoms with Crippen LogP contribution in [0.2, 0.25) is 0 Å². The van der Waals surface area contributed by atoms with Gasteiger partial charge in [0.15, 0.2) is 5.78 Å². The average molecular weight is 367 g/mol. The van der Waals surface area contributed by atoms with Gasteiger partial charge in [-0.15, -0.1) is 0 Å². The van der Waals surface area contributed by atoms with E-state index in [1.807, 2.05) is 38.1 Å². The number of esters is 1. The maximum Gasteiger partial charge on any atom is 0.337 e. The van der Waals surface area contributed by atoms with Crippen molar-refractivity contribution in [2.45, 2.75) is 39.0 Å². The zero-order valence-electron chi connectivity index (χ0n) is 15.8. The summed E-state index contributed by atoms with van der Waals surface area (Å²) in [5, 5.41) is 3.28. The molecule has 1 aliphatic heterocycles. The van der Waals surface area contributed by atoms with Gasteiger partial charge in [-0.25, -0.2) is 4.79 Å². The van der Waals surface area contributed by atoms with Crippen molar-refractivity contribution in [2.24, 2.45) is 0 Å². The molecule has 0 unspecified atom stereocenters. The third-order valence-electron chi connectivity index (χ3n) is 4.86. The molecule has 5 heteroatoms. The molecule has 1 N–H and O–H groups in total. The van der Waals surface area contributed by atoms with E-state index in [2.05, 4.69) is 11.9 Å². The quantitative estimate of drug-likeness (QED) is 0.612. The molecular formula is C22H25NO4. The molecule has 0 radical (unpaired) electrons. The normalized spacial score (nSPS) is 19.3. The lowest BCUT2D eigenvalue weighted by molar-refractivity contribution is -0.138. The minimum Gasteiger partial charge on any atom is -0.494 e. The first-order chi connectivity index (χ1) is 13.1. The average Bonchev–Trinajstić information content (AvgIpc) is 2.66. The van der Waals surface area contributed by atoms with Gasteiger partial charge >= 0.3 is 5.97 Å². The molecule has 27 heavy (non-hydrogen) atoms. The summed E-state index contributed by atoms with van der Waals surface area (Å²) in [7, 11) is 0. The number of dihydropyridines is 1. The molecule has 1 aromatic rings. The van der Waals surface area contributed by atoms with Crippen molar-refractivity contribution in [3.05, 3.63) is 65.0 Å². The second-order valence-corrected chi connectivity index (χ2v) is 6.62. The summed E-state index contributed by atoms with van der Waals surface area (Å²) in [6.45, 7) is 7.98. The number of Topliss-reactive ketones (excluding diaryl/α,β-unsaturated/α-hetero) is 1. The summed E-state index contributed by atoms with van der Waals surface area (Å²) in [5.41, 5.74) is 3.55. The van der Waals surface area contributed by atoms with Crippen molar-refractivity contribution in [3.8, 4) is 5.75 Å². The lowest BCUT2D eigenvalue weighted by Crippen LogP contribution is -2.34. The zero-order valence-corrected chi connectivity index (χ0v) is 15.8. The number of benzene rings is 1. The fraction of sp³-hybridized carbons (Fsp3) is 0.364. The third-order valence-corrected chi connectivity index (χ3v) is 4.86. The number of para-hydroxylation sites is 1. The first-order valence-electron chi connectivity index (χ1n) is 9.32. The Morgan fingerprint density at radius 3 is 2.85 bits per heavy atom. The Kier molecular flexibility index (Phi) is 5.79. The van der Waals surface area contributed by atoms with Gasteiger partial charge in [0.1, 0.15) is 12.4 Å². The van der Waals surface area contributed by atoms with Gasteiger partial charge in [-0.3, -0.25) is 4.79 Å². The van der Waals surface area contributed by atoms with Gasteiger partial charge in [-0.1, -0.05) is 30.9 Å². The highest BCUT2D eigenvalue weighted by Gasteiger charge is 2.40. The van der Waals surface area contributed by atoms with Crippen LogP contribution in [0.25, 0.3) is 0 Å². The van der Waals surface area contributed by atoms with E-state index in [4.69, 9.17) is 9.47 Å². The van der Waals surface area contributed by atoms with Gasteiger partial charge in [0, 0.05) is 29.0 Å². The van der Waals surface area contributed by atoms with Gasteiger partial charge in [-0.2, -0.15) is 0 Å². The SMILES string of the molecule is C=CCOC(=O)C1=C(C)NC2=C(C(=O)CCC2)[C@H]1c1ccccc1OCC. The molecule has 3 rings (SSSR count). The molecule has 5 nitrogen and oxygen atoms in total. The second kappa shape index (κ2) is 8.25. The van der Waals surface area contributed by atoms with Crippen LogP contribution in [0.15, 0.2) is 59.5 Å². The Morgan fingerprint density at radius 1 is 1.33 bits per heavy atom. The van der Waals surface area contributed by atoms with Gasteiger partial charge in [0.2, 0.25) is 0 Å². The van der Waals surface area contributed by atoms with Gasteiger partial charge in [-0.05, 0) is 32.8 Å². The van der Waals surface area contributed by atoms with Crippen LogP contribution in [-0.2, 0) is 14.3 Å². The molecule has 142 valence electrons. The lowest BCUT2D eigenvalue weighted by Gasteiger charge is -2.34. The molecule has 1 aliphatic carbocycles. The number of allylic oxidation sites excluding steroid dienone is 3. The fourth-order valence-corrected chi connectivity index (χ4v) is 3.78. The van der Waals surface area contributed by atoms with Gasteiger partial charge < -0.3 is 14.8 Å². The first kappa shape index (κ1) is 19.0. The minimum atomic E-state index is -0.492. The summed E-state index contributed by atoms with van der Waals surface area (Å²) >= 11 is 0. The molecule has 1 atom stereocenters. The summed E-state index contributed by atoms with van der Waals surface area (Å²) in [5.74, 6) is -0.184. The topological polar surface area (TPSA) is 64.6 Å².